The molecule has 7 nitrogen and oxygen atoms in total. The van der Waals surface area contributed by atoms with Gasteiger partial charge in [0.15, 0.2) is 5.69 Å². The molecule has 0 N–H and O–H groups in total. The minimum absolute atomic E-state index is 0.0993. The first-order chi connectivity index (χ1) is 11.7. The van der Waals surface area contributed by atoms with Gasteiger partial charge in [0.1, 0.15) is 5.76 Å². The zero-order valence-corrected chi connectivity index (χ0v) is 14.1. The Morgan fingerprint density at radius 1 is 1.46 bits per heavy atom. The number of carbonyl (C=O) groups excluding carboxylic acids is 1. The van der Waals surface area contributed by atoms with Crippen LogP contribution in [0.25, 0.3) is 0 Å². The van der Waals surface area contributed by atoms with Gasteiger partial charge in [-0.15, -0.1) is 0 Å². The van der Waals surface area contributed by atoms with Crippen molar-refractivity contribution in [1.82, 2.24) is 19.8 Å². The number of hydrogen-bond acceptors (Lipinski definition) is 5. The van der Waals surface area contributed by atoms with E-state index in [4.69, 9.17) is 9.26 Å². The molecular weight excluding hydrogens is 308 g/mol. The van der Waals surface area contributed by atoms with E-state index in [0.717, 1.165) is 18.2 Å². The molecule has 24 heavy (non-hydrogen) atoms. The summed E-state index contributed by atoms with van der Waals surface area (Å²) in [6.07, 6.45) is 4.50. The Balaban J connectivity index is 1.61. The first kappa shape index (κ1) is 15.4. The van der Waals surface area contributed by atoms with Crippen LogP contribution in [-0.2, 0) is 17.8 Å². The Labute approximate surface area is 140 Å². The molecule has 2 aromatic rings. The number of fused-ring (bicyclic) bond motifs is 1. The Kier molecular flexibility index (Phi) is 3.88. The molecule has 2 aromatic heterocycles. The number of aromatic nitrogens is 3. The van der Waals surface area contributed by atoms with Gasteiger partial charge >= 0.3 is 0 Å². The maximum Gasteiger partial charge on any atom is 0.276 e. The van der Waals surface area contributed by atoms with Crippen molar-refractivity contribution in [3.8, 4) is 0 Å². The Morgan fingerprint density at radius 3 is 2.96 bits per heavy atom. The highest BCUT2D eigenvalue weighted by atomic mass is 16.5. The highest BCUT2D eigenvalue weighted by Crippen LogP contribution is 2.34. The van der Waals surface area contributed by atoms with Crippen LogP contribution in [0.2, 0.25) is 0 Å². The second-order valence-corrected chi connectivity index (χ2v) is 6.83. The summed E-state index contributed by atoms with van der Waals surface area (Å²) in [5, 5.41) is 8.44. The predicted molar refractivity (Wildman–Crippen MR) is 85.5 cm³/mol. The number of hydrogen-bond donors (Lipinski definition) is 0. The van der Waals surface area contributed by atoms with Crippen LogP contribution in [0.15, 0.2) is 16.8 Å². The van der Waals surface area contributed by atoms with Crippen molar-refractivity contribution in [2.24, 2.45) is 5.92 Å². The lowest BCUT2D eigenvalue weighted by Crippen LogP contribution is -2.40. The number of aryl methyl sites for hydroxylation is 1. The van der Waals surface area contributed by atoms with Crippen LogP contribution < -0.4 is 0 Å². The van der Waals surface area contributed by atoms with E-state index < -0.39 is 0 Å². The van der Waals surface area contributed by atoms with Crippen LogP contribution in [0, 0.1) is 12.8 Å². The van der Waals surface area contributed by atoms with Crippen LogP contribution in [0.4, 0.5) is 0 Å². The lowest BCUT2D eigenvalue weighted by Gasteiger charge is -2.32. The van der Waals surface area contributed by atoms with Crippen molar-refractivity contribution in [3.63, 3.8) is 0 Å². The van der Waals surface area contributed by atoms with Gasteiger partial charge in [-0.05, 0) is 25.7 Å². The molecule has 0 radical (unpaired) electrons. The summed E-state index contributed by atoms with van der Waals surface area (Å²) >= 11 is 0. The molecule has 7 heteroatoms. The largest absolute Gasteiger partial charge is 0.384 e. The quantitative estimate of drug-likeness (QED) is 0.838. The van der Waals surface area contributed by atoms with Gasteiger partial charge in [0, 0.05) is 37.7 Å². The molecule has 0 spiro atoms. The van der Waals surface area contributed by atoms with Gasteiger partial charge in [-0.2, -0.15) is 5.10 Å². The van der Waals surface area contributed by atoms with Gasteiger partial charge in [0.25, 0.3) is 5.91 Å². The third-order valence-electron chi connectivity index (χ3n) is 4.83. The molecule has 0 saturated heterocycles. The van der Waals surface area contributed by atoms with Crippen molar-refractivity contribution in [2.75, 3.05) is 20.3 Å². The average Bonchev–Trinajstić information content (AvgIpc) is 3.14. The van der Waals surface area contributed by atoms with Crippen LogP contribution >= 0.6 is 0 Å². The van der Waals surface area contributed by atoms with Crippen LogP contribution in [0.3, 0.4) is 0 Å². The Morgan fingerprint density at radius 2 is 2.29 bits per heavy atom. The molecule has 1 fully saturated rings. The van der Waals surface area contributed by atoms with Gasteiger partial charge in [0.2, 0.25) is 0 Å². The topological polar surface area (TPSA) is 73.4 Å². The Hall–Kier alpha value is -2.15. The van der Waals surface area contributed by atoms with E-state index in [1.807, 2.05) is 11.1 Å². The third kappa shape index (κ3) is 2.84. The lowest BCUT2D eigenvalue weighted by molar-refractivity contribution is 0.0663. The predicted octanol–water partition coefficient (Wildman–Crippen LogP) is 1.98. The van der Waals surface area contributed by atoms with E-state index >= 15 is 0 Å². The van der Waals surface area contributed by atoms with Gasteiger partial charge in [-0.25, -0.2) is 0 Å². The smallest absolute Gasteiger partial charge is 0.276 e. The van der Waals surface area contributed by atoms with E-state index in [1.54, 1.807) is 20.1 Å². The molecule has 1 amide bonds. The summed E-state index contributed by atoms with van der Waals surface area (Å²) in [6.45, 7) is 4.48. The number of methoxy groups -OCH3 is 1. The zero-order valence-electron chi connectivity index (χ0n) is 14.1. The maximum absolute atomic E-state index is 12.8. The molecule has 1 saturated carbocycles. The lowest BCUT2D eigenvalue weighted by atomic mass is 9.95. The van der Waals surface area contributed by atoms with E-state index in [9.17, 15) is 4.79 Å². The fourth-order valence-corrected chi connectivity index (χ4v) is 3.38. The molecule has 128 valence electrons. The van der Waals surface area contributed by atoms with Crippen LogP contribution in [0.1, 0.15) is 46.3 Å². The molecule has 1 unspecified atom stereocenters. The third-order valence-corrected chi connectivity index (χ3v) is 4.83. The SMILES string of the molecule is COCC1CN(C(=O)c2cc(C)on2)Cc2c1cnn2CC1CC1. The van der Waals surface area contributed by atoms with E-state index in [2.05, 4.69) is 14.9 Å². The summed E-state index contributed by atoms with van der Waals surface area (Å²) in [6, 6.07) is 1.69. The summed E-state index contributed by atoms with van der Waals surface area (Å²) in [7, 11) is 1.69. The molecule has 2 aliphatic rings. The monoisotopic (exact) mass is 330 g/mol. The fourth-order valence-electron chi connectivity index (χ4n) is 3.38. The zero-order chi connectivity index (χ0) is 16.7. The van der Waals surface area contributed by atoms with E-state index in [-0.39, 0.29) is 11.8 Å². The molecule has 1 aliphatic carbocycles. The molecule has 1 atom stereocenters. The summed E-state index contributed by atoms with van der Waals surface area (Å²) in [5.41, 5.74) is 2.70. The molecular formula is C17H22N4O3. The maximum atomic E-state index is 12.8. The number of amides is 1. The second kappa shape index (κ2) is 6.05. The number of carbonyl (C=O) groups is 1. The molecule has 3 heterocycles. The van der Waals surface area contributed by atoms with E-state index in [0.29, 0.717) is 31.2 Å². The number of rotatable bonds is 5. The molecule has 4 rings (SSSR count). The minimum Gasteiger partial charge on any atom is -0.384 e. The Bertz CT molecular complexity index is 747. The van der Waals surface area contributed by atoms with Crippen molar-refractivity contribution < 1.29 is 14.1 Å². The van der Waals surface area contributed by atoms with Gasteiger partial charge in [0.05, 0.1) is 25.0 Å². The first-order valence-corrected chi connectivity index (χ1v) is 8.41. The van der Waals surface area contributed by atoms with Crippen molar-refractivity contribution in [1.29, 1.82) is 0 Å². The number of nitrogens with zero attached hydrogens (tertiary/aromatic N) is 4. The minimum atomic E-state index is -0.0993. The second-order valence-electron chi connectivity index (χ2n) is 6.83. The normalized spacial score (nSPS) is 20.2. The van der Waals surface area contributed by atoms with Gasteiger partial charge in [-0.1, -0.05) is 5.16 Å². The van der Waals surface area contributed by atoms with Gasteiger partial charge < -0.3 is 14.2 Å². The highest BCUT2D eigenvalue weighted by Gasteiger charge is 2.34. The fraction of sp³-hybridized carbons (Fsp3) is 0.588. The van der Waals surface area contributed by atoms with Crippen LogP contribution in [0.5, 0.6) is 0 Å². The van der Waals surface area contributed by atoms with Crippen molar-refractivity contribution in [3.05, 3.63) is 35.0 Å². The molecule has 0 aromatic carbocycles. The van der Waals surface area contributed by atoms with Gasteiger partial charge in [-0.3, -0.25) is 9.48 Å². The molecule has 1 aliphatic heterocycles. The number of ether oxygens (including phenoxy) is 1. The van der Waals surface area contributed by atoms with Crippen LogP contribution in [-0.4, -0.2) is 46.0 Å². The summed E-state index contributed by atoms with van der Waals surface area (Å²) < 4.78 is 12.5. The average molecular weight is 330 g/mol. The standard InChI is InChI=1S/C17H22N4O3/c1-11-5-15(19-24-11)17(22)20-8-13(10-23-2)14-6-18-21(16(14)9-20)7-12-3-4-12/h5-6,12-13H,3-4,7-10H2,1-2H3. The summed E-state index contributed by atoms with van der Waals surface area (Å²) in [4.78, 5) is 14.6. The molecule has 0 bridgehead atoms. The summed E-state index contributed by atoms with van der Waals surface area (Å²) in [5.74, 6) is 1.42. The van der Waals surface area contributed by atoms with E-state index in [1.165, 1.54) is 18.4 Å². The van der Waals surface area contributed by atoms with Crippen molar-refractivity contribution in [2.45, 2.75) is 38.8 Å². The first-order valence-electron chi connectivity index (χ1n) is 8.41. The van der Waals surface area contributed by atoms with Crippen molar-refractivity contribution >= 4 is 5.91 Å². The highest BCUT2D eigenvalue weighted by molar-refractivity contribution is 5.92.